The van der Waals surface area contributed by atoms with E-state index in [0.717, 1.165) is 6.42 Å². The smallest absolute Gasteiger partial charge is 0.0812 e. The summed E-state index contributed by atoms with van der Waals surface area (Å²) in [5.74, 6) is 1.30. The van der Waals surface area contributed by atoms with Crippen LogP contribution in [0.25, 0.3) is 0 Å². The minimum absolute atomic E-state index is 0.0798. The molecule has 0 aliphatic carbocycles. The molecular weight excluding hydrogens is 140 g/mol. The minimum Gasteiger partial charge on any atom is -0.394 e. The average Bonchev–Trinajstić information content (AvgIpc) is 1.99. The summed E-state index contributed by atoms with van der Waals surface area (Å²) in [7, 11) is 0. The number of aliphatic hydroxyl groups is 1. The fourth-order valence-electron chi connectivity index (χ4n) is 1.69. The molecule has 0 aromatic heterocycles. The summed E-state index contributed by atoms with van der Waals surface area (Å²) in [6.07, 6.45) is 1.38. The second-order valence-electron chi connectivity index (χ2n) is 3.72. The normalized spacial score (nSPS) is 45.8. The van der Waals surface area contributed by atoms with Gasteiger partial charge in [-0.1, -0.05) is 13.8 Å². The third-order valence-electron chi connectivity index (χ3n) is 2.88. The van der Waals surface area contributed by atoms with Crippen molar-refractivity contribution in [2.24, 2.45) is 11.8 Å². The van der Waals surface area contributed by atoms with Crippen LogP contribution in [0.4, 0.5) is 0 Å². The van der Waals surface area contributed by atoms with Crippen LogP contribution in [-0.4, -0.2) is 23.9 Å². The molecule has 1 rings (SSSR count). The summed E-state index contributed by atoms with van der Waals surface area (Å²) < 4.78 is 5.57. The Morgan fingerprint density at radius 2 is 2.00 bits per heavy atom. The van der Waals surface area contributed by atoms with Crippen LogP contribution in [0.15, 0.2) is 0 Å². The van der Waals surface area contributed by atoms with Crippen molar-refractivity contribution in [1.82, 2.24) is 0 Å². The predicted octanol–water partition coefficient (Wildman–Crippen LogP) is 1.43. The van der Waals surface area contributed by atoms with Crippen LogP contribution in [0.2, 0.25) is 0 Å². The minimum atomic E-state index is 0.0798. The lowest BCUT2D eigenvalue weighted by Crippen LogP contribution is -2.38. The first-order valence-corrected chi connectivity index (χ1v) is 4.41. The Bertz CT molecular complexity index is 113. The highest BCUT2D eigenvalue weighted by atomic mass is 16.5. The molecule has 0 amide bonds. The summed E-state index contributed by atoms with van der Waals surface area (Å²) in [5.41, 5.74) is 0. The Morgan fingerprint density at radius 3 is 2.45 bits per heavy atom. The number of ether oxygens (including phenoxy) is 1. The van der Waals surface area contributed by atoms with Gasteiger partial charge in [0.25, 0.3) is 0 Å². The van der Waals surface area contributed by atoms with Gasteiger partial charge in [0, 0.05) is 0 Å². The molecule has 1 aliphatic heterocycles. The predicted molar refractivity (Wildman–Crippen MR) is 44.4 cm³/mol. The van der Waals surface area contributed by atoms with E-state index in [2.05, 4.69) is 20.8 Å². The molecule has 66 valence electrons. The second-order valence-corrected chi connectivity index (χ2v) is 3.72. The van der Waals surface area contributed by atoms with Gasteiger partial charge in [0.2, 0.25) is 0 Å². The van der Waals surface area contributed by atoms with E-state index < -0.39 is 0 Å². The third-order valence-corrected chi connectivity index (χ3v) is 2.88. The van der Waals surface area contributed by atoms with E-state index in [9.17, 15) is 0 Å². The number of hydrogen-bond donors (Lipinski definition) is 1. The first-order valence-electron chi connectivity index (χ1n) is 4.41. The second kappa shape index (κ2) is 3.55. The Kier molecular flexibility index (Phi) is 2.90. The van der Waals surface area contributed by atoms with Gasteiger partial charge < -0.3 is 9.84 Å². The van der Waals surface area contributed by atoms with Crippen LogP contribution in [0.3, 0.4) is 0 Å². The lowest BCUT2D eigenvalue weighted by Gasteiger charge is -2.36. The summed E-state index contributed by atoms with van der Waals surface area (Å²) in [4.78, 5) is 0. The summed E-state index contributed by atoms with van der Waals surface area (Å²) >= 11 is 0. The molecule has 1 heterocycles. The molecule has 0 aromatic carbocycles. The standard InChI is InChI=1S/C9H18O2/c1-6-4-9(5-10)11-8(3)7(6)2/h6-10H,4-5H2,1-3H3/t6-,7?,8-,9-/m0/s1. The van der Waals surface area contributed by atoms with Gasteiger partial charge in [-0.3, -0.25) is 0 Å². The number of aliphatic hydroxyl groups excluding tert-OH is 1. The van der Waals surface area contributed by atoms with Gasteiger partial charge in [0.05, 0.1) is 18.8 Å². The highest BCUT2D eigenvalue weighted by Crippen LogP contribution is 2.29. The monoisotopic (exact) mass is 158 g/mol. The zero-order valence-corrected chi connectivity index (χ0v) is 7.58. The molecule has 11 heavy (non-hydrogen) atoms. The van der Waals surface area contributed by atoms with Crippen LogP contribution in [0, 0.1) is 11.8 Å². The van der Waals surface area contributed by atoms with Crippen molar-refractivity contribution in [3.8, 4) is 0 Å². The van der Waals surface area contributed by atoms with Crippen molar-refractivity contribution in [3.05, 3.63) is 0 Å². The van der Waals surface area contributed by atoms with Crippen LogP contribution in [0.5, 0.6) is 0 Å². The van der Waals surface area contributed by atoms with Gasteiger partial charge in [-0.25, -0.2) is 0 Å². The molecule has 0 saturated carbocycles. The molecule has 0 spiro atoms. The van der Waals surface area contributed by atoms with Gasteiger partial charge in [-0.05, 0) is 25.2 Å². The van der Waals surface area contributed by atoms with E-state index in [1.165, 1.54) is 0 Å². The Balaban J connectivity index is 2.47. The Morgan fingerprint density at radius 1 is 1.36 bits per heavy atom. The van der Waals surface area contributed by atoms with Gasteiger partial charge in [0.15, 0.2) is 0 Å². The molecule has 0 radical (unpaired) electrons. The summed E-state index contributed by atoms with van der Waals surface area (Å²) in [6.45, 7) is 6.69. The molecule has 0 bridgehead atoms. The molecule has 1 aliphatic rings. The Hall–Kier alpha value is -0.0800. The maximum Gasteiger partial charge on any atom is 0.0812 e. The molecule has 0 aromatic rings. The SMILES string of the molecule is CC1[C@H](C)O[C@H](CO)C[C@@H]1C. The van der Waals surface area contributed by atoms with Crippen molar-refractivity contribution >= 4 is 0 Å². The van der Waals surface area contributed by atoms with Crippen molar-refractivity contribution in [2.75, 3.05) is 6.61 Å². The first-order chi connectivity index (χ1) is 5.15. The van der Waals surface area contributed by atoms with Gasteiger partial charge in [0.1, 0.15) is 0 Å². The largest absolute Gasteiger partial charge is 0.394 e. The van der Waals surface area contributed by atoms with Crippen molar-refractivity contribution in [3.63, 3.8) is 0 Å². The van der Waals surface area contributed by atoms with Crippen LogP contribution < -0.4 is 0 Å². The number of rotatable bonds is 1. The summed E-state index contributed by atoms with van der Waals surface area (Å²) in [6, 6.07) is 0. The average molecular weight is 158 g/mol. The molecule has 1 saturated heterocycles. The highest BCUT2D eigenvalue weighted by Gasteiger charge is 2.29. The van der Waals surface area contributed by atoms with Crippen molar-refractivity contribution < 1.29 is 9.84 Å². The molecule has 2 heteroatoms. The molecular formula is C9H18O2. The van der Waals surface area contributed by atoms with Crippen molar-refractivity contribution in [2.45, 2.75) is 39.4 Å². The van der Waals surface area contributed by atoms with Crippen LogP contribution in [-0.2, 0) is 4.74 Å². The molecule has 1 fully saturated rings. The fraction of sp³-hybridized carbons (Fsp3) is 1.00. The zero-order valence-electron chi connectivity index (χ0n) is 7.58. The van der Waals surface area contributed by atoms with Crippen LogP contribution in [0.1, 0.15) is 27.2 Å². The van der Waals surface area contributed by atoms with E-state index in [1.807, 2.05) is 0 Å². The van der Waals surface area contributed by atoms with E-state index >= 15 is 0 Å². The van der Waals surface area contributed by atoms with E-state index in [1.54, 1.807) is 0 Å². The van der Waals surface area contributed by atoms with Gasteiger partial charge in [-0.2, -0.15) is 0 Å². The van der Waals surface area contributed by atoms with Gasteiger partial charge >= 0.3 is 0 Å². The topological polar surface area (TPSA) is 29.5 Å². The van der Waals surface area contributed by atoms with Gasteiger partial charge in [-0.15, -0.1) is 0 Å². The molecule has 2 nitrogen and oxygen atoms in total. The van der Waals surface area contributed by atoms with Crippen LogP contribution >= 0.6 is 0 Å². The molecule has 1 unspecified atom stereocenters. The number of hydrogen-bond acceptors (Lipinski definition) is 2. The lowest BCUT2D eigenvalue weighted by molar-refractivity contribution is -0.108. The fourth-order valence-corrected chi connectivity index (χ4v) is 1.69. The Labute approximate surface area is 68.6 Å². The zero-order chi connectivity index (χ0) is 8.43. The summed E-state index contributed by atoms with van der Waals surface area (Å²) in [5, 5.41) is 8.89. The highest BCUT2D eigenvalue weighted by molar-refractivity contribution is 4.78. The maximum absolute atomic E-state index is 8.89. The lowest BCUT2D eigenvalue weighted by atomic mass is 9.84. The first kappa shape index (κ1) is 9.01. The molecule has 1 N–H and O–H groups in total. The van der Waals surface area contributed by atoms with E-state index in [-0.39, 0.29) is 12.7 Å². The molecule has 4 atom stereocenters. The third kappa shape index (κ3) is 1.94. The van der Waals surface area contributed by atoms with E-state index in [4.69, 9.17) is 9.84 Å². The van der Waals surface area contributed by atoms with Crippen molar-refractivity contribution in [1.29, 1.82) is 0 Å². The van der Waals surface area contributed by atoms with E-state index in [0.29, 0.717) is 17.9 Å². The quantitative estimate of drug-likeness (QED) is 0.625. The maximum atomic E-state index is 8.89.